The van der Waals surface area contributed by atoms with Crippen molar-refractivity contribution in [3.8, 4) is 0 Å². The Morgan fingerprint density at radius 3 is 2.33 bits per heavy atom. The van der Waals surface area contributed by atoms with Crippen molar-refractivity contribution in [1.29, 1.82) is 0 Å². The van der Waals surface area contributed by atoms with Crippen LogP contribution in [-0.2, 0) is 10.0 Å². The van der Waals surface area contributed by atoms with Gasteiger partial charge in [0.05, 0.1) is 4.90 Å². The molecule has 8 heteroatoms. The van der Waals surface area contributed by atoms with Crippen LogP contribution in [0.5, 0.6) is 0 Å². The van der Waals surface area contributed by atoms with Crippen molar-refractivity contribution in [3.05, 3.63) is 34.3 Å². The molecule has 2 aromatic rings. The average Bonchev–Trinajstić information content (AvgIpc) is 2.74. The van der Waals surface area contributed by atoms with E-state index in [1.165, 1.54) is 12.3 Å². The standard InChI is InChI=1S/C13H15N3O3S2/c1-7-4-10(14)5-8(2)12(7)21(18,19)16-13-15-11(6-20-13)9(3)17/h4-6H,14H2,1-3H3,(H,15,16). The van der Waals surface area contributed by atoms with Gasteiger partial charge < -0.3 is 5.73 Å². The minimum Gasteiger partial charge on any atom is -0.399 e. The summed E-state index contributed by atoms with van der Waals surface area (Å²) in [4.78, 5) is 15.3. The highest BCUT2D eigenvalue weighted by Gasteiger charge is 2.21. The van der Waals surface area contributed by atoms with Crippen molar-refractivity contribution in [2.24, 2.45) is 0 Å². The lowest BCUT2D eigenvalue weighted by Crippen LogP contribution is -2.16. The summed E-state index contributed by atoms with van der Waals surface area (Å²) in [6, 6.07) is 3.20. The number of aromatic nitrogens is 1. The lowest BCUT2D eigenvalue weighted by Gasteiger charge is -2.12. The molecule has 0 fully saturated rings. The summed E-state index contributed by atoms with van der Waals surface area (Å²) in [6.07, 6.45) is 0. The fourth-order valence-corrected chi connectivity index (χ4v) is 4.51. The molecule has 2 rings (SSSR count). The summed E-state index contributed by atoms with van der Waals surface area (Å²) in [5.41, 5.74) is 7.57. The molecular formula is C13H15N3O3S2. The summed E-state index contributed by atoms with van der Waals surface area (Å²) in [6.45, 7) is 4.74. The van der Waals surface area contributed by atoms with Gasteiger partial charge in [0, 0.05) is 18.0 Å². The van der Waals surface area contributed by atoms with Crippen LogP contribution < -0.4 is 10.5 Å². The molecule has 0 bridgehead atoms. The molecule has 0 aliphatic rings. The maximum Gasteiger partial charge on any atom is 0.264 e. The van der Waals surface area contributed by atoms with Gasteiger partial charge in [-0.1, -0.05) is 0 Å². The first-order valence-electron chi connectivity index (χ1n) is 6.06. The maximum absolute atomic E-state index is 12.5. The van der Waals surface area contributed by atoms with Crippen LogP contribution >= 0.6 is 11.3 Å². The Morgan fingerprint density at radius 2 is 1.86 bits per heavy atom. The summed E-state index contributed by atoms with van der Waals surface area (Å²) >= 11 is 1.07. The van der Waals surface area contributed by atoms with Gasteiger partial charge >= 0.3 is 0 Å². The maximum atomic E-state index is 12.5. The van der Waals surface area contributed by atoms with Crippen molar-refractivity contribution in [1.82, 2.24) is 4.98 Å². The van der Waals surface area contributed by atoms with E-state index in [0.717, 1.165) is 11.3 Å². The highest BCUT2D eigenvalue weighted by molar-refractivity contribution is 7.93. The molecule has 21 heavy (non-hydrogen) atoms. The number of nitrogens with one attached hydrogen (secondary N) is 1. The normalized spacial score (nSPS) is 11.4. The molecule has 0 atom stereocenters. The lowest BCUT2D eigenvalue weighted by molar-refractivity contribution is 0.101. The first-order chi connectivity index (χ1) is 9.70. The molecule has 0 aliphatic carbocycles. The number of benzene rings is 1. The second-order valence-corrected chi connectivity index (χ2v) is 7.16. The summed E-state index contributed by atoms with van der Waals surface area (Å²) in [5, 5.41) is 1.68. The number of hydrogen-bond acceptors (Lipinski definition) is 6. The largest absolute Gasteiger partial charge is 0.399 e. The van der Waals surface area contributed by atoms with Crippen LogP contribution in [0, 0.1) is 13.8 Å². The van der Waals surface area contributed by atoms with Gasteiger partial charge in [-0.05, 0) is 37.1 Å². The second kappa shape index (κ2) is 5.45. The molecule has 0 unspecified atom stereocenters. The first kappa shape index (κ1) is 15.5. The Balaban J connectivity index is 2.41. The zero-order chi connectivity index (χ0) is 15.8. The van der Waals surface area contributed by atoms with Crippen LogP contribution in [0.4, 0.5) is 10.8 Å². The fraction of sp³-hybridized carbons (Fsp3) is 0.231. The van der Waals surface area contributed by atoms with Crippen LogP contribution in [0.25, 0.3) is 0 Å². The number of carbonyl (C=O) groups is 1. The number of hydrogen-bond donors (Lipinski definition) is 2. The molecule has 1 aromatic heterocycles. The van der Waals surface area contributed by atoms with Gasteiger partial charge in [0.15, 0.2) is 10.9 Å². The molecule has 6 nitrogen and oxygen atoms in total. The number of rotatable bonds is 4. The smallest absolute Gasteiger partial charge is 0.264 e. The van der Waals surface area contributed by atoms with E-state index in [0.29, 0.717) is 16.8 Å². The number of aryl methyl sites for hydroxylation is 2. The van der Waals surface area contributed by atoms with Gasteiger partial charge in [-0.25, -0.2) is 13.4 Å². The van der Waals surface area contributed by atoms with Crippen molar-refractivity contribution in [3.63, 3.8) is 0 Å². The topological polar surface area (TPSA) is 102 Å². The zero-order valence-electron chi connectivity index (χ0n) is 11.8. The van der Waals surface area contributed by atoms with Gasteiger partial charge in [-0.15, -0.1) is 11.3 Å². The van der Waals surface area contributed by atoms with E-state index in [4.69, 9.17) is 5.73 Å². The Hall–Kier alpha value is -1.93. The third-order valence-corrected chi connectivity index (χ3v) is 5.37. The predicted molar refractivity (Wildman–Crippen MR) is 83.3 cm³/mol. The van der Waals surface area contributed by atoms with Gasteiger partial charge in [0.25, 0.3) is 10.0 Å². The molecule has 0 saturated carbocycles. The van der Waals surface area contributed by atoms with Crippen LogP contribution in [0.3, 0.4) is 0 Å². The molecule has 0 spiro atoms. The molecule has 3 N–H and O–H groups in total. The van der Waals surface area contributed by atoms with Gasteiger partial charge in [0.1, 0.15) is 5.69 Å². The highest BCUT2D eigenvalue weighted by Crippen LogP contribution is 2.26. The first-order valence-corrected chi connectivity index (χ1v) is 8.43. The molecule has 0 amide bonds. The van der Waals surface area contributed by atoms with Gasteiger partial charge in [0.2, 0.25) is 0 Å². The van der Waals surface area contributed by atoms with Gasteiger partial charge in [-0.3, -0.25) is 9.52 Å². The highest BCUT2D eigenvalue weighted by atomic mass is 32.2. The summed E-state index contributed by atoms with van der Waals surface area (Å²) in [5.74, 6) is -0.212. The Morgan fingerprint density at radius 1 is 1.29 bits per heavy atom. The van der Waals surface area contributed by atoms with Crippen LogP contribution in [0.1, 0.15) is 28.5 Å². The van der Waals surface area contributed by atoms with Crippen LogP contribution in [0.15, 0.2) is 22.4 Å². The van der Waals surface area contributed by atoms with Gasteiger partial charge in [-0.2, -0.15) is 0 Å². The average molecular weight is 325 g/mol. The van der Waals surface area contributed by atoms with Crippen molar-refractivity contribution in [2.75, 3.05) is 10.5 Å². The lowest BCUT2D eigenvalue weighted by atomic mass is 10.1. The Bertz CT molecular complexity index is 787. The number of nitrogens with zero attached hydrogens (tertiary/aromatic N) is 1. The molecule has 0 radical (unpaired) electrons. The number of carbonyl (C=O) groups excluding carboxylic acids is 1. The molecular weight excluding hydrogens is 310 g/mol. The molecule has 0 saturated heterocycles. The molecule has 1 aromatic carbocycles. The van der Waals surface area contributed by atoms with E-state index in [9.17, 15) is 13.2 Å². The van der Waals surface area contributed by atoms with E-state index in [1.54, 1.807) is 26.0 Å². The molecule has 1 heterocycles. The second-order valence-electron chi connectivity index (χ2n) is 4.68. The number of Topliss-reactive ketones (excluding diaryl/α,β-unsaturated/α-hetero) is 1. The molecule has 112 valence electrons. The number of nitrogens with two attached hydrogens (primary N) is 1. The number of sulfonamides is 1. The number of ketones is 1. The summed E-state index contributed by atoms with van der Waals surface area (Å²) in [7, 11) is -3.77. The van der Waals surface area contributed by atoms with Crippen molar-refractivity contribution < 1.29 is 13.2 Å². The van der Waals surface area contributed by atoms with Crippen LogP contribution in [0.2, 0.25) is 0 Å². The number of anilines is 2. The van der Waals surface area contributed by atoms with Crippen molar-refractivity contribution >= 4 is 38.0 Å². The van der Waals surface area contributed by atoms with E-state index in [2.05, 4.69) is 9.71 Å². The van der Waals surface area contributed by atoms with E-state index in [1.807, 2.05) is 0 Å². The van der Waals surface area contributed by atoms with Crippen molar-refractivity contribution in [2.45, 2.75) is 25.7 Å². The minimum absolute atomic E-state index is 0.163. The SMILES string of the molecule is CC(=O)c1csc(NS(=O)(=O)c2c(C)cc(N)cc2C)n1. The minimum atomic E-state index is -3.77. The summed E-state index contributed by atoms with van der Waals surface area (Å²) < 4.78 is 27.3. The third-order valence-electron chi connectivity index (χ3n) is 2.84. The quantitative estimate of drug-likeness (QED) is 0.663. The molecule has 0 aliphatic heterocycles. The fourth-order valence-electron chi connectivity index (χ4n) is 2.06. The third kappa shape index (κ3) is 3.22. The monoisotopic (exact) mass is 325 g/mol. The van der Waals surface area contributed by atoms with Crippen LogP contribution in [-0.4, -0.2) is 19.2 Å². The van der Waals surface area contributed by atoms with E-state index >= 15 is 0 Å². The number of thiazole rings is 1. The van der Waals surface area contributed by atoms with E-state index in [-0.39, 0.29) is 21.5 Å². The Labute approximate surface area is 127 Å². The zero-order valence-corrected chi connectivity index (χ0v) is 13.4. The predicted octanol–water partition coefficient (Wildman–Crippen LogP) is 2.35. The van der Waals surface area contributed by atoms with E-state index < -0.39 is 10.0 Å². The number of nitrogen functional groups attached to an aromatic ring is 1. The Kier molecular flexibility index (Phi) is 4.02.